The highest BCUT2D eigenvalue weighted by Gasteiger charge is 2.52. The maximum absolute atomic E-state index is 11.9. The number of carbonyl (C=O) groups is 2. The summed E-state index contributed by atoms with van der Waals surface area (Å²) < 4.78 is 10.8. The third kappa shape index (κ3) is 1.35. The smallest absolute Gasteiger partial charge is 0.289 e. The molecule has 2 N–H and O–H groups in total. The molecule has 88 valence electrons. The number of hydrogen-bond acceptors (Lipinski definition) is 4. The number of benzene rings is 1. The highest BCUT2D eigenvalue weighted by Crippen LogP contribution is 2.43. The zero-order valence-corrected chi connectivity index (χ0v) is 8.86. The van der Waals surface area contributed by atoms with Crippen molar-refractivity contribution in [3.8, 4) is 0 Å². The zero-order chi connectivity index (χ0) is 11.9. The van der Waals surface area contributed by atoms with Crippen LogP contribution in [0.2, 0.25) is 0 Å². The van der Waals surface area contributed by atoms with Gasteiger partial charge in [-0.2, -0.15) is 0 Å². The van der Waals surface area contributed by atoms with Crippen LogP contribution in [0.5, 0.6) is 0 Å². The first-order valence-electron chi connectivity index (χ1n) is 5.20. The molecule has 1 fully saturated rings. The fourth-order valence-electron chi connectivity index (χ4n) is 2.11. The summed E-state index contributed by atoms with van der Waals surface area (Å²) in [6, 6.07) is 5.08. The van der Waals surface area contributed by atoms with E-state index in [0.29, 0.717) is 36.6 Å². The molecular weight excluding hydrogens is 224 g/mol. The van der Waals surface area contributed by atoms with E-state index in [2.05, 4.69) is 10.6 Å². The first kappa shape index (κ1) is 10.2. The first-order chi connectivity index (χ1) is 8.26. The molecule has 1 aromatic rings. The molecule has 0 aliphatic carbocycles. The van der Waals surface area contributed by atoms with Crippen molar-refractivity contribution < 1.29 is 19.1 Å². The van der Waals surface area contributed by atoms with Gasteiger partial charge in [-0.25, -0.2) is 0 Å². The van der Waals surface area contributed by atoms with E-state index in [0.717, 1.165) is 0 Å². The largest absolute Gasteiger partial charge is 0.336 e. The standard InChI is InChI=1S/C11H10N2O4/c14-6-12-7-1-2-9-8(5-7)11(10(15)13-9)16-3-4-17-11/h1-2,5-6H,3-4H2,(H,12,14)(H,13,15). The van der Waals surface area contributed by atoms with Crippen molar-refractivity contribution in [3.63, 3.8) is 0 Å². The average molecular weight is 234 g/mol. The van der Waals surface area contributed by atoms with E-state index in [1.165, 1.54) is 0 Å². The van der Waals surface area contributed by atoms with E-state index < -0.39 is 5.79 Å². The van der Waals surface area contributed by atoms with Crippen molar-refractivity contribution in [2.24, 2.45) is 0 Å². The minimum Gasteiger partial charge on any atom is -0.336 e. The Morgan fingerprint density at radius 2 is 2.12 bits per heavy atom. The van der Waals surface area contributed by atoms with E-state index in [1.807, 2.05) is 0 Å². The molecule has 1 spiro atoms. The molecule has 2 aliphatic rings. The third-order valence-electron chi connectivity index (χ3n) is 2.84. The molecule has 6 heteroatoms. The maximum Gasteiger partial charge on any atom is 0.289 e. The van der Waals surface area contributed by atoms with E-state index in [9.17, 15) is 9.59 Å². The molecule has 17 heavy (non-hydrogen) atoms. The van der Waals surface area contributed by atoms with Crippen LogP contribution < -0.4 is 10.6 Å². The molecule has 1 aromatic carbocycles. The first-order valence-corrected chi connectivity index (χ1v) is 5.20. The van der Waals surface area contributed by atoms with Gasteiger partial charge < -0.3 is 20.1 Å². The van der Waals surface area contributed by atoms with Gasteiger partial charge in [0, 0.05) is 11.3 Å². The monoisotopic (exact) mass is 234 g/mol. The Morgan fingerprint density at radius 3 is 2.82 bits per heavy atom. The second-order valence-electron chi connectivity index (χ2n) is 3.79. The van der Waals surface area contributed by atoms with Crippen molar-refractivity contribution in [1.29, 1.82) is 0 Å². The van der Waals surface area contributed by atoms with Crippen molar-refractivity contribution in [1.82, 2.24) is 0 Å². The van der Waals surface area contributed by atoms with E-state index >= 15 is 0 Å². The van der Waals surface area contributed by atoms with Crippen LogP contribution in [0.15, 0.2) is 18.2 Å². The van der Waals surface area contributed by atoms with Crippen LogP contribution in [0.3, 0.4) is 0 Å². The van der Waals surface area contributed by atoms with Crippen molar-refractivity contribution >= 4 is 23.7 Å². The summed E-state index contributed by atoms with van der Waals surface area (Å²) >= 11 is 0. The van der Waals surface area contributed by atoms with Gasteiger partial charge in [-0.1, -0.05) is 0 Å². The van der Waals surface area contributed by atoms with Crippen LogP contribution >= 0.6 is 0 Å². The number of anilines is 2. The summed E-state index contributed by atoms with van der Waals surface area (Å²) in [6.45, 7) is 0.746. The Morgan fingerprint density at radius 1 is 1.35 bits per heavy atom. The molecule has 0 bridgehead atoms. The Hall–Kier alpha value is -1.92. The highest BCUT2D eigenvalue weighted by atomic mass is 16.7. The van der Waals surface area contributed by atoms with Gasteiger partial charge in [-0.3, -0.25) is 9.59 Å². The summed E-state index contributed by atoms with van der Waals surface area (Å²) in [5.74, 6) is -1.66. The summed E-state index contributed by atoms with van der Waals surface area (Å²) in [6.07, 6.45) is 0.578. The van der Waals surface area contributed by atoms with Gasteiger partial charge in [0.1, 0.15) is 0 Å². The molecule has 3 rings (SSSR count). The van der Waals surface area contributed by atoms with Crippen LogP contribution in [-0.2, 0) is 24.8 Å². The lowest BCUT2D eigenvalue weighted by Crippen LogP contribution is -2.35. The molecule has 0 unspecified atom stereocenters. The minimum atomic E-state index is -1.34. The summed E-state index contributed by atoms with van der Waals surface area (Å²) in [5, 5.41) is 5.22. The molecule has 1 saturated heterocycles. The maximum atomic E-state index is 11.9. The third-order valence-corrected chi connectivity index (χ3v) is 2.84. The molecule has 0 saturated carbocycles. The second kappa shape index (κ2) is 3.54. The van der Waals surface area contributed by atoms with Crippen LogP contribution in [0.4, 0.5) is 11.4 Å². The molecule has 2 amide bonds. The Balaban J connectivity index is 2.09. The lowest BCUT2D eigenvalue weighted by molar-refractivity contribution is -0.178. The predicted molar refractivity (Wildman–Crippen MR) is 58.3 cm³/mol. The number of hydrogen-bond donors (Lipinski definition) is 2. The average Bonchev–Trinajstić information content (AvgIpc) is 2.90. The topological polar surface area (TPSA) is 76.7 Å². The Labute approximate surface area is 96.9 Å². The molecule has 0 radical (unpaired) electrons. The quantitative estimate of drug-likeness (QED) is 0.726. The van der Waals surface area contributed by atoms with Gasteiger partial charge in [0.2, 0.25) is 6.41 Å². The minimum absolute atomic E-state index is 0.326. The number of amides is 2. The van der Waals surface area contributed by atoms with Gasteiger partial charge >= 0.3 is 0 Å². The van der Waals surface area contributed by atoms with Gasteiger partial charge in [0.05, 0.1) is 18.9 Å². The van der Waals surface area contributed by atoms with Gasteiger partial charge in [0.15, 0.2) is 0 Å². The van der Waals surface area contributed by atoms with Gasteiger partial charge in [0.25, 0.3) is 11.7 Å². The van der Waals surface area contributed by atoms with Gasteiger partial charge in [-0.15, -0.1) is 0 Å². The van der Waals surface area contributed by atoms with Crippen molar-refractivity contribution in [2.75, 3.05) is 23.8 Å². The summed E-state index contributed by atoms with van der Waals surface area (Å²) in [4.78, 5) is 22.3. The fourth-order valence-corrected chi connectivity index (χ4v) is 2.11. The van der Waals surface area contributed by atoms with Crippen molar-refractivity contribution in [3.05, 3.63) is 23.8 Å². The number of nitrogens with one attached hydrogen (secondary N) is 2. The predicted octanol–water partition coefficient (Wildman–Crippen LogP) is 0.407. The molecule has 0 atom stereocenters. The Kier molecular flexibility index (Phi) is 2.13. The van der Waals surface area contributed by atoms with E-state index in [4.69, 9.17) is 9.47 Å². The molecule has 2 aliphatic heterocycles. The summed E-state index contributed by atoms with van der Waals surface area (Å²) in [7, 11) is 0. The molecule has 6 nitrogen and oxygen atoms in total. The zero-order valence-electron chi connectivity index (χ0n) is 8.86. The Bertz CT molecular complexity index is 494. The number of carbonyl (C=O) groups excluding carboxylic acids is 2. The molecule has 0 aromatic heterocycles. The number of rotatable bonds is 2. The number of fused-ring (bicyclic) bond motifs is 2. The lowest BCUT2D eigenvalue weighted by Gasteiger charge is -2.19. The summed E-state index contributed by atoms with van der Waals surface area (Å²) in [5.41, 5.74) is 1.84. The van der Waals surface area contributed by atoms with Crippen molar-refractivity contribution in [2.45, 2.75) is 5.79 Å². The fraction of sp³-hybridized carbons (Fsp3) is 0.273. The van der Waals surface area contributed by atoms with Gasteiger partial charge in [-0.05, 0) is 18.2 Å². The van der Waals surface area contributed by atoms with Crippen LogP contribution in [0.25, 0.3) is 0 Å². The number of ether oxygens (including phenoxy) is 2. The van der Waals surface area contributed by atoms with E-state index in [-0.39, 0.29) is 5.91 Å². The molecule has 2 heterocycles. The highest BCUT2D eigenvalue weighted by molar-refractivity contribution is 6.04. The SMILES string of the molecule is O=CNc1ccc2c(c1)C1(OCCO1)C(=O)N2. The normalized spacial score (nSPS) is 20.1. The lowest BCUT2D eigenvalue weighted by atomic mass is 10.1. The van der Waals surface area contributed by atoms with Crippen LogP contribution in [-0.4, -0.2) is 25.5 Å². The van der Waals surface area contributed by atoms with E-state index in [1.54, 1.807) is 18.2 Å². The molecular formula is C11H10N2O4. The van der Waals surface area contributed by atoms with Crippen LogP contribution in [0, 0.1) is 0 Å². The second-order valence-corrected chi connectivity index (χ2v) is 3.79. The van der Waals surface area contributed by atoms with Crippen LogP contribution in [0.1, 0.15) is 5.56 Å².